The van der Waals surface area contributed by atoms with Crippen molar-refractivity contribution in [2.24, 2.45) is 5.92 Å². The molecule has 3 aromatic rings. The Morgan fingerprint density at radius 3 is 2.53 bits per heavy atom. The first-order valence-corrected chi connectivity index (χ1v) is 13.1. The monoisotopic (exact) mass is 509 g/mol. The zero-order valence-electron chi connectivity index (χ0n) is 21.1. The molecule has 36 heavy (non-hydrogen) atoms. The standard InChI is InChI=1S/C26H31N5O4S/c1-16-14-26(3,4)31(15-16)24-20(25(32)30-36(33,34)23-8-6-7-22(27)29-23)11-12-21(28-24)19-10-9-18(35-5)13-17(19)2/h6-13,16H,14-15H2,1-5H3,(H2,27,29)(H,30,32). The van der Waals surface area contributed by atoms with Gasteiger partial charge in [-0.2, -0.15) is 8.42 Å². The molecule has 3 heterocycles. The van der Waals surface area contributed by atoms with Crippen molar-refractivity contribution in [2.75, 3.05) is 24.3 Å². The SMILES string of the molecule is COc1ccc(-c2ccc(C(=O)NS(=O)(=O)c3cccc(N)n3)c(N3CC(C)CC3(C)C)n2)c(C)c1. The van der Waals surface area contributed by atoms with Crippen molar-refractivity contribution in [1.29, 1.82) is 0 Å². The maximum Gasteiger partial charge on any atom is 0.281 e. The van der Waals surface area contributed by atoms with Gasteiger partial charge in [-0.25, -0.2) is 14.7 Å². The highest BCUT2D eigenvalue weighted by molar-refractivity contribution is 7.90. The Balaban J connectivity index is 1.79. The summed E-state index contributed by atoms with van der Waals surface area (Å²) in [5.74, 6) is 0.812. The molecule has 1 unspecified atom stereocenters. The predicted molar refractivity (Wildman–Crippen MR) is 139 cm³/mol. The van der Waals surface area contributed by atoms with E-state index in [1.807, 2.05) is 25.1 Å². The summed E-state index contributed by atoms with van der Waals surface area (Å²) in [5, 5.41) is -0.328. The molecule has 2 aromatic heterocycles. The van der Waals surface area contributed by atoms with E-state index in [0.29, 0.717) is 24.0 Å². The summed E-state index contributed by atoms with van der Waals surface area (Å²) in [6.45, 7) is 8.99. The predicted octanol–water partition coefficient (Wildman–Crippen LogP) is 3.79. The fraction of sp³-hybridized carbons (Fsp3) is 0.346. The highest BCUT2D eigenvalue weighted by Crippen LogP contribution is 2.38. The van der Waals surface area contributed by atoms with Gasteiger partial charge in [-0.3, -0.25) is 4.79 Å². The van der Waals surface area contributed by atoms with Gasteiger partial charge in [0.1, 0.15) is 17.4 Å². The summed E-state index contributed by atoms with van der Waals surface area (Å²) in [4.78, 5) is 24.2. The Bertz CT molecular complexity index is 1420. The molecule has 1 aliphatic heterocycles. The minimum absolute atomic E-state index is 0.0414. The van der Waals surface area contributed by atoms with Crippen LogP contribution in [0.4, 0.5) is 11.6 Å². The van der Waals surface area contributed by atoms with Crippen LogP contribution in [0.1, 0.15) is 43.1 Å². The third-order valence-corrected chi connectivity index (χ3v) is 7.64. The first-order chi connectivity index (χ1) is 16.9. The maximum absolute atomic E-state index is 13.4. The van der Waals surface area contributed by atoms with Crippen LogP contribution < -0.4 is 20.1 Å². The van der Waals surface area contributed by atoms with Gasteiger partial charge in [0.2, 0.25) is 0 Å². The van der Waals surface area contributed by atoms with E-state index in [-0.39, 0.29) is 21.9 Å². The van der Waals surface area contributed by atoms with Gasteiger partial charge in [-0.1, -0.05) is 13.0 Å². The lowest BCUT2D eigenvalue weighted by Crippen LogP contribution is -2.41. The van der Waals surface area contributed by atoms with Crippen molar-refractivity contribution in [1.82, 2.24) is 14.7 Å². The second-order valence-electron chi connectivity index (χ2n) is 9.82. The van der Waals surface area contributed by atoms with E-state index in [0.717, 1.165) is 23.3 Å². The molecule has 0 saturated carbocycles. The number of ether oxygens (including phenoxy) is 1. The molecule has 3 N–H and O–H groups in total. The van der Waals surface area contributed by atoms with E-state index in [4.69, 9.17) is 15.5 Å². The smallest absolute Gasteiger partial charge is 0.281 e. The molecule has 0 aliphatic carbocycles. The van der Waals surface area contributed by atoms with Gasteiger partial charge < -0.3 is 15.4 Å². The number of hydrogen-bond donors (Lipinski definition) is 2. The number of nitrogens with two attached hydrogens (primary N) is 1. The Labute approximate surface area is 211 Å². The van der Waals surface area contributed by atoms with Crippen LogP contribution in [0.3, 0.4) is 0 Å². The number of nitrogen functional groups attached to an aromatic ring is 1. The van der Waals surface area contributed by atoms with Crippen molar-refractivity contribution < 1.29 is 17.9 Å². The number of nitrogens with one attached hydrogen (secondary N) is 1. The minimum Gasteiger partial charge on any atom is -0.497 e. The number of anilines is 2. The zero-order valence-corrected chi connectivity index (χ0v) is 21.9. The molecule has 1 aliphatic rings. The number of aryl methyl sites for hydroxylation is 1. The van der Waals surface area contributed by atoms with Crippen molar-refractivity contribution in [3.05, 3.63) is 59.7 Å². The average Bonchev–Trinajstić information content (AvgIpc) is 3.09. The Morgan fingerprint density at radius 2 is 1.92 bits per heavy atom. The molecule has 190 valence electrons. The summed E-state index contributed by atoms with van der Waals surface area (Å²) in [6, 6.07) is 13.3. The molecule has 9 nitrogen and oxygen atoms in total. The number of hydrogen-bond acceptors (Lipinski definition) is 8. The first kappa shape index (κ1) is 25.4. The number of nitrogens with zero attached hydrogens (tertiary/aromatic N) is 3. The van der Waals surface area contributed by atoms with Gasteiger partial charge in [-0.05, 0) is 81.1 Å². The third kappa shape index (κ3) is 4.99. The van der Waals surface area contributed by atoms with E-state index >= 15 is 0 Å². The van der Waals surface area contributed by atoms with Crippen LogP contribution in [0.2, 0.25) is 0 Å². The van der Waals surface area contributed by atoms with Gasteiger partial charge in [0.05, 0.1) is 18.4 Å². The molecule has 1 atom stereocenters. The number of rotatable bonds is 6. The molecule has 0 bridgehead atoms. The number of sulfonamides is 1. The van der Waals surface area contributed by atoms with E-state index in [2.05, 4.69) is 35.4 Å². The number of amides is 1. The van der Waals surface area contributed by atoms with Gasteiger partial charge >= 0.3 is 0 Å². The van der Waals surface area contributed by atoms with E-state index in [9.17, 15) is 13.2 Å². The number of benzene rings is 1. The fourth-order valence-electron chi connectivity index (χ4n) is 4.80. The molecule has 0 spiro atoms. The molecular formula is C26H31N5O4S. The molecule has 1 aromatic carbocycles. The number of methoxy groups -OCH3 is 1. The second-order valence-corrected chi connectivity index (χ2v) is 11.4. The van der Waals surface area contributed by atoms with Crippen molar-refractivity contribution in [3.63, 3.8) is 0 Å². The molecule has 0 radical (unpaired) electrons. The topological polar surface area (TPSA) is 128 Å². The second kappa shape index (κ2) is 9.42. The number of aromatic nitrogens is 2. The molecule has 4 rings (SSSR count). The molecule has 1 amide bonds. The van der Waals surface area contributed by atoms with Crippen molar-refractivity contribution >= 4 is 27.6 Å². The van der Waals surface area contributed by atoms with Crippen molar-refractivity contribution in [3.8, 4) is 17.0 Å². The summed E-state index contributed by atoms with van der Waals surface area (Å²) in [6.07, 6.45) is 0.910. The lowest BCUT2D eigenvalue weighted by molar-refractivity contribution is 0.0981. The first-order valence-electron chi connectivity index (χ1n) is 11.6. The summed E-state index contributed by atoms with van der Waals surface area (Å²) < 4.78 is 33.2. The van der Waals surface area contributed by atoms with Crippen LogP contribution in [0.25, 0.3) is 11.3 Å². The van der Waals surface area contributed by atoms with Gasteiger partial charge in [0, 0.05) is 17.6 Å². The van der Waals surface area contributed by atoms with E-state index < -0.39 is 15.9 Å². The average molecular weight is 510 g/mol. The number of carbonyl (C=O) groups excluding carboxylic acids is 1. The van der Waals surface area contributed by atoms with Crippen LogP contribution in [0, 0.1) is 12.8 Å². The molecule has 1 saturated heterocycles. The van der Waals surface area contributed by atoms with Gasteiger partial charge in [-0.15, -0.1) is 0 Å². The van der Waals surface area contributed by atoms with Crippen LogP contribution in [0.5, 0.6) is 5.75 Å². The molecular weight excluding hydrogens is 478 g/mol. The zero-order chi connectivity index (χ0) is 26.3. The molecule has 1 fully saturated rings. The van der Waals surface area contributed by atoms with Gasteiger partial charge in [0.15, 0.2) is 5.03 Å². The number of carbonyl (C=O) groups is 1. The largest absolute Gasteiger partial charge is 0.497 e. The van der Waals surface area contributed by atoms with E-state index in [1.54, 1.807) is 19.2 Å². The Hall–Kier alpha value is -3.66. The highest BCUT2D eigenvalue weighted by Gasteiger charge is 2.39. The highest BCUT2D eigenvalue weighted by atomic mass is 32.2. The van der Waals surface area contributed by atoms with Crippen LogP contribution in [0.15, 0.2) is 53.6 Å². The summed E-state index contributed by atoms with van der Waals surface area (Å²) in [7, 11) is -2.62. The van der Waals surface area contributed by atoms with Crippen LogP contribution in [-0.4, -0.2) is 43.5 Å². The van der Waals surface area contributed by atoms with Gasteiger partial charge in [0.25, 0.3) is 15.9 Å². The Morgan fingerprint density at radius 1 is 1.17 bits per heavy atom. The lowest BCUT2D eigenvalue weighted by Gasteiger charge is -2.34. The normalized spacial score (nSPS) is 17.1. The summed E-state index contributed by atoms with van der Waals surface area (Å²) >= 11 is 0. The number of pyridine rings is 2. The fourth-order valence-corrected chi connectivity index (χ4v) is 5.74. The van der Waals surface area contributed by atoms with Crippen LogP contribution >= 0.6 is 0 Å². The minimum atomic E-state index is -4.24. The maximum atomic E-state index is 13.4. The lowest BCUT2D eigenvalue weighted by atomic mass is 9.97. The van der Waals surface area contributed by atoms with Crippen molar-refractivity contribution in [2.45, 2.75) is 44.7 Å². The third-order valence-electron chi connectivity index (χ3n) is 6.41. The summed E-state index contributed by atoms with van der Waals surface area (Å²) in [5.41, 5.74) is 8.07. The van der Waals surface area contributed by atoms with E-state index in [1.165, 1.54) is 18.2 Å². The molecule has 10 heteroatoms. The quantitative estimate of drug-likeness (QED) is 0.514. The Kier molecular flexibility index (Phi) is 6.66. The van der Waals surface area contributed by atoms with Crippen LogP contribution in [-0.2, 0) is 10.0 Å².